The van der Waals surface area contributed by atoms with Crippen LogP contribution in [0.5, 0.6) is 5.75 Å². The van der Waals surface area contributed by atoms with E-state index in [0.29, 0.717) is 6.42 Å². The van der Waals surface area contributed by atoms with Crippen LogP contribution in [0.15, 0.2) is 91.0 Å². The molecule has 3 aromatic rings. The van der Waals surface area contributed by atoms with Crippen molar-refractivity contribution in [3.05, 3.63) is 108 Å². The van der Waals surface area contributed by atoms with E-state index in [4.69, 9.17) is 9.47 Å². The minimum atomic E-state index is -0.981. The Morgan fingerprint density at radius 2 is 1.46 bits per heavy atom. The van der Waals surface area contributed by atoms with Crippen molar-refractivity contribution in [2.45, 2.75) is 45.1 Å². The Bertz CT molecular complexity index is 1110. The molecule has 0 amide bonds. The van der Waals surface area contributed by atoms with Gasteiger partial charge in [-0.1, -0.05) is 97.8 Å². The van der Waals surface area contributed by atoms with Gasteiger partial charge in [-0.15, -0.1) is 0 Å². The number of esters is 1. The Kier molecular flexibility index (Phi) is 11.5. The van der Waals surface area contributed by atoms with Crippen LogP contribution in [-0.2, 0) is 27.4 Å². The number of carboxylic acids is 1. The molecule has 0 aliphatic rings. The molecule has 37 heavy (non-hydrogen) atoms. The number of carbonyl (C=O) groups is 2. The predicted octanol–water partition coefficient (Wildman–Crippen LogP) is 6.96. The smallest absolute Gasteiger partial charge is 0.310 e. The first-order valence-corrected chi connectivity index (χ1v) is 12.8. The highest BCUT2D eigenvalue weighted by Gasteiger charge is 2.33. The van der Waals surface area contributed by atoms with E-state index in [1.54, 1.807) is 7.11 Å². The third-order valence-corrected chi connectivity index (χ3v) is 6.47. The number of hydrogen-bond acceptors (Lipinski definition) is 4. The maximum atomic E-state index is 13.1. The molecule has 3 rings (SSSR count). The molecule has 0 spiro atoms. The fourth-order valence-corrected chi connectivity index (χ4v) is 4.34. The number of carboxylic acid groups (broad SMARTS) is 1. The number of allylic oxidation sites excluding steroid dienone is 1. The number of ether oxygens (including phenoxy) is 2. The average molecular weight is 501 g/mol. The molecule has 0 fully saturated rings. The van der Waals surface area contributed by atoms with Crippen LogP contribution in [0.4, 0.5) is 0 Å². The van der Waals surface area contributed by atoms with Gasteiger partial charge in [-0.3, -0.25) is 9.59 Å². The highest BCUT2D eigenvalue weighted by atomic mass is 16.5. The fraction of sp³-hybridized carbons (Fsp3) is 0.312. The Labute approximate surface area is 219 Å². The van der Waals surface area contributed by atoms with Crippen molar-refractivity contribution in [2.24, 2.45) is 11.8 Å². The second kappa shape index (κ2) is 15.3. The molecule has 0 radical (unpaired) electrons. The first kappa shape index (κ1) is 27.7. The van der Waals surface area contributed by atoms with E-state index in [1.807, 2.05) is 84.9 Å². The number of benzene rings is 3. The SMILES string of the molecule is COc1ccc(/C=C/C[C@H](C(=O)O)[C@@H](CCCCCc2ccccc2)C(=O)OCc2ccccc2)cc1. The molecule has 2 atom stereocenters. The molecule has 0 unspecified atom stereocenters. The largest absolute Gasteiger partial charge is 0.497 e. The van der Waals surface area contributed by atoms with E-state index in [9.17, 15) is 14.7 Å². The van der Waals surface area contributed by atoms with Crippen molar-refractivity contribution >= 4 is 18.0 Å². The summed E-state index contributed by atoms with van der Waals surface area (Å²) in [5.74, 6) is -2.23. The zero-order chi connectivity index (χ0) is 26.3. The van der Waals surface area contributed by atoms with Crippen molar-refractivity contribution in [1.29, 1.82) is 0 Å². The summed E-state index contributed by atoms with van der Waals surface area (Å²) in [5, 5.41) is 10.0. The number of unbranched alkanes of at least 4 members (excludes halogenated alkanes) is 2. The van der Waals surface area contributed by atoms with Crippen LogP contribution in [0, 0.1) is 11.8 Å². The zero-order valence-electron chi connectivity index (χ0n) is 21.4. The summed E-state index contributed by atoms with van der Waals surface area (Å²) < 4.78 is 10.8. The van der Waals surface area contributed by atoms with Crippen molar-refractivity contribution in [3.8, 4) is 5.75 Å². The monoisotopic (exact) mass is 500 g/mol. The van der Waals surface area contributed by atoms with Crippen molar-refractivity contribution in [3.63, 3.8) is 0 Å². The highest BCUT2D eigenvalue weighted by Crippen LogP contribution is 2.26. The number of aryl methyl sites for hydroxylation is 1. The van der Waals surface area contributed by atoms with Crippen molar-refractivity contribution < 1.29 is 24.2 Å². The minimum Gasteiger partial charge on any atom is -0.497 e. The average Bonchev–Trinajstić information content (AvgIpc) is 2.93. The molecule has 0 bridgehead atoms. The number of carbonyl (C=O) groups excluding carboxylic acids is 1. The lowest BCUT2D eigenvalue weighted by atomic mass is 9.85. The summed E-state index contributed by atoms with van der Waals surface area (Å²) in [6, 6.07) is 27.3. The second-order valence-corrected chi connectivity index (χ2v) is 9.14. The topological polar surface area (TPSA) is 72.8 Å². The Hall–Kier alpha value is -3.86. The van der Waals surface area contributed by atoms with Crippen LogP contribution in [-0.4, -0.2) is 24.2 Å². The van der Waals surface area contributed by atoms with Crippen molar-refractivity contribution in [2.75, 3.05) is 7.11 Å². The van der Waals surface area contributed by atoms with Gasteiger partial charge in [0.25, 0.3) is 0 Å². The maximum absolute atomic E-state index is 13.1. The third kappa shape index (κ3) is 9.60. The minimum absolute atomic E-state index is 0.137. The van der Waals surface area contributed by atoms with Gasteiger partial charge in [-0.2, -0.15) is 0 Å². The number of rotatable bonds is 15. The molecule has 0 aliphatic carbocycles. The van der Waals surface area contributed by atoms with E-state index < -0.39 is 23.8 Å². The van der Waals surface area contributed by atoms with Crippen LogP contribution in [0.3, 0.4) is 0 Å². The molecule has 1 N–H and O–H groups in total. The Morgan fingerprint density at radius 1 is 0.811 bits per heavy atom. The standard InChI is InChI=1S/C32H36O5/c1-36-28-22-20-26(21-23-28)17-11-19-29(31(33)34)30(32(35)37-24-27-15-8-3-9-16-27)18-10-4-7-14-25-12-5-2-6-13-25/h2-3,5-6,8-9,11-13,15-17,20-23,29-30H,4,7,10,14,18-19,24H2,1H3,(H,33,34)/b17-11+/t29-,30+/m0/s1. The lowest BCUT2D eigenvalue weighted by molar-refractivity contribution is -0.159. The molecule has 5 heteroatoms. The molecule has 3 aromatic carbocycles. The molecule has 0 saturated heterocycles. The molecular formula is C32H36O5. The van der Waals surface area contributed by atoms with Gasteiger partial charge in [0.15, 0.2) is 0 Å². The molecule has 0 aliphatic heterocycles. The van der Waals surface area contributed by atoms with Gasteiger partial charge in [0.05, 0.1) is 18.9 Å². The molecule has 194 valence electrons. The normalized spacial score (nSPS) is 12.7. The van der Waals surface area contributed by atoms with E-state index in [-0.39, 0.29) is 13.0 Å². The molecule has 5 nitrogen and oxygen atoms in total. The van der Waals surface area contributed by atoms with Crippen LogP contribution >= 0.6 is 0 Å². The Balaban J connectivity index is 1.62. The zero-order valence-corrected chi connectivity index (χ0v) is 21.4. The van der Waals surface area contributed by atoms with Crippen molar-refractivity contribution in [1.82, 2.24) is 0 Å². The summed E-state index contributed by atoms with van der Waals surface area (Å²) in [7, 11) is 1.61. The summed E-state index contributed by atoms with van der Waals surface area (Å²) in [6.07, 6.45) is 8.08. The van der Waals surface area contributed by atoms with Gasteiger partial charge in [-0.05, 0) is 54.5 Å². The third-order valence-electron chi connectivity index (χ3n) is 6.47. The van der Waals surface area contributed by atoms with Gasteiger partial charge < -0.3 is 14.6 Å². The molecular weight excluding hydrogens is 464 g/mol. The van der Waals surface area contributed by atoms with Gasteiger partial charge in [0.2, 0.25) is 0 Å². The quantitative estimate of drug-likeness (QED) is 0.180. The number of methoxy groups -OCH3 is 1. The summed E-state index contributed by atoms with van der Waals surface area (Å²) in [6.45, 7) is 0.137. The maximum Gasteiger partial charge on any atom is 0.310 e. The van der Waals surface area contributed by atoms with Crippen LogP contribution in [0.2, 0.25) is 0 Å². The van der Waals surface area contributed by atoms with E-state index in [0.717, 1.165) is 42.6 Å². The molecule has 0 saturated carbocycles. The number of hydrogen-bond donors (Lipinski definition) is 1. The van der Waals surface area contributed by atoms with E-state index in [2.05, 4.69) is 12.1 Å². The van der Waals surface area contributed by atoms with Crippen LogP contribution < -0.4 is 4.74 Å². The predicted molar refractivity (Wildman–Crippen MR) is 146 cm³/mol. The first-order chi connectivity index (χ1) is 18.1. The van der Waals surface area contributed by atoms with Gasteiger partial charge >= 0.3 is 11.9 Å². The Morgan fingerprint density at radius 3 is 2.08 bits per heavy atom. The summed E-state index contributed by atoms with van der Waals surface area (Å²) >= 11 is 0. The second-order valence-electron chi connectivity index (χ2n) is 9.14. The lowest BCUT2D eigenvalue weighted by Crippen LogP contribution is -2.31. The first-order valence-electron chi connectivity index (χ1n) is 12.8. The fourth-order valence-electron chi connectivity index (χ4n) is 4.34. The van der Waals surface area contributed by atoms with Gasteiger partial charge in [-0.25, -0.2) is 0 Å². The summed E-state index contributed by atoms with van der Waals surface area (Å²) in [5.41, 5.74) is 3.10. The van der Waals surface area contributed by atoms with E-state index in [1.165, 1.54) is 5.56 Å². The number of aliphatic carboxylic acids is 1. The van der Waals surface area contributed by atoms with Crippen LogP contribution in [0.1, 0.15) is 48.8 Å². The lowest BCUT2D eigenvalue weighted by Gasteiger charge is -2.22. The van der Waals surface area contributed by atoms with E-state index >= 15 is 0 Å². The molecule has 0 aromatic heterocycles. The molecule has 0 heterocycles. The van der Waals surface area contributed by atoms with Gasteiger partial charge in [0, 0.05) is 0 Å². The highest BCUT2D eigenvalue weighted by molar-refractivity contribution is 5.81. The van der Waals surface area contributed by atoms with Gasteiger partial charge in [0.1, 0.15) is 12.4 Å². The summed E-state index contributed by atoms with van der Waals surface area (Å²) in [4.78, 5) is 25.4. The van der Waals surface area contributed by atoms with Crippen LogP contribution in [0.25, 0.3) is 6.08 Å².